The van der Waals surface area contributed by atoms with E-state index in [0.717, 1.165) is 52.3 Å². The van der Waals surface area contributed by atoms with E-state index < -0.39 is 11.7 Å². The van der Waals surface area contributed by atoms with Crippen LogP contribution in [0.5, 0.6) is 0 Å². The minimum absolute atomic E-state index is 0.00773. The first kappa shape index (κ1) is 27.5. The van der Waals surface area contributed by atoms with Gasteiger partial charge in [0.1, 0.15) is 0 Å². The number of thioether (sulfide) groups is 1. The number of carbonyl (C=O) groups excluding carboxylic acids is 2. The number of hydrogen-bond acceptors (Lipinski definition) is 5. The SMILES string of the molecule is O=C(NCc1nnc(SCC(=O)N2CCc3ccccc32)n1-c1cccc(C(F)(F)F)c1)c1cccc2ccccc12. The predicted octanol–water partition coefficient (Wildman–Crippen LogP) is 6.05. The van der Waals surface area contributed by atoms with Crippen LogP contribution in [-0.2, 0) is 23.9 Å². The van der Waals surface area contributed by atoms with Crippen LogP contribution in [0.25, 0.3) is 16.5 Å². The summed E-state index contributed by atoms with van der Waals surface area (Å²) in [4.78, 5) is 28.0. The Kier molecular flexibility index (Phi) is 7.42. The molecule has 2 heterocycles. The van der Waals surface area contributed by atoms with E-state index in [1.165, 1.54) is 16.7 Å². The number of nitrogens with zero attached hydrogens (tertiary/aromatic N) is 4. The molecule has 1 aliphatic rings. The second kappa shape index (κ2) is 11.3. The average Bonchev–Trinajstić information content (AvgIpc) is 3.62. The second-order valence-corrected chi connectivity index (χ2v) is 10.6. The van der Waals surface area contributed by atoms with Crippen molar-refractivity contribution < 1.29 is 22.8 Å². The molecular formula is C31H24F3N5O2S. The lowest BCUT2D eigenvalue weighted by molar-refractivity contribution is -0.137. The number of para-hydroxylation sites is 1. The van der Waals surface area contributed by atoms with Crippen LogP contribution < -0.4 is 10.2 Å². The number of halogens is 3. The fourth-order valence-electron chi connectivity index (χ4n) is 5.07. The normalized spacial score (nSPS) is 12.9. The van der Waals surface area contributed by atoms with Crippen LogP contribution in [0.2, 0.25) is 0 Å². The minimum atomic E-state index is -4.56. The molecule has 1 aliphatic heterocycles. The summed E-state index contributed by atoms with van der Waals surface area (Å²) in [7, 11) is 0. The van der Waals surface area contributed by atoms with E-state index in [1.807, 2.05) is 54.6 Å². The van der Waals surface area contributed by atoms with Gasteiger partial charge in [-0.3, -0.25) is 14.2 Å². The summed E-state index contributed by atoms with van der Waals surface area (Å²) >= 11 is 1.08. The van der Waals surface area contributed by atoms with Crippen LogP contribution >= 0.6 is 11.8 Å². The van der Waals surface area contributed by atoms with Gasteiger partial charge in [-0.05, 0) is 53.1 Å². The van der Waals surface area contributed by atoms with Crippen molar-refractivity contribution in [3.8, 4) is 5.69 Å². The number of rotatable bonds is 7. The van der Waals surface area contributed by atoms with E-state index in [0.29, 0.717) is 12.1 Å². The van der Waals surface area contributed by atoms with Gasteiger partial charge in [0, 0.05) is 17.8 Å². The van der Waals surface area contributed by atoms with Crippen LogP contribution in [0.4, 0.5) is 18.9 Å². The monoisotopic (exact) mass is 587 g/mol. The molecule has 1 aromatic heterocycles. The minimum Gasteiger partial charge on any atom is -0.345 e. The maximum Gasteiger partial charge on any atom is 0.416 e. The summed E-state index contributed by atoms with van der Waals surface area (Å²) in [5.41, 5.74) is 1.75. The zero-order valence-electron chi connectivity index (χ0n) is 22.1. The highest BCUT2D eigenvalue weighted by atomic mass is 32.2. The average molecular weight is 588 g/mol. The fraction of sp³-hybridized carbons (Fsp3) is 0.161. The van der Waals surface area contributed by atoms with Crippen molar-refractivity contribution in [1.29, 1.82) is 0 Å². The zero-order chi connectivity index (χ0) is 29.3. The highest BCUT2D eigenvalue weighted by Crippen LogP contribution is 2.33. The number of carbonyl (C=O) groups is 2. The molecule has 212 valence electrons. The largest absolute Gasteiger partial charge is 0.416 e. The van der Waals surface area contributed by atoms with Gasteiger partial charge in [-0.25, -0.2) is 0 Å². The molecule has 0 fully saturated rings. The number of amides is 2. The Balaban J connectivity index is 1.27. The quantitative estimate of drug-likeness (QED) is 0.235. The first-order valence-corrected chi connectivity index (χ1v) is 14.2. The summed E-state index contributed by atoms with van der Waals surface area (Å²) < 4.78 is 42.2. The Bertz CT molecular complexity index is 1800. The first-order chi connectivity index (χ1) is 20.3. The summed E-state index contributed by atoms with van der Waals surface area (Å²) in [5.74, 6) is -0.269. The first-order valence-electron chi connectivity index (χ1n) is 13.2. The maximum atomic E-state index is 13.6. The molecular weight excluding hydrogens is 563 g/mol. The van der Waals surface area contributed by atoms with Crippen LogP contribution in [0.3, 0.4) is 0 Å². The van der Waals surface area contributed by atoms with Gasteiger partial charge in [-0.15, -0.1) is 10.2 Å². The summed E-state index contributed by atoms with van der Waals surface area (Å²) in [6.07, 6.45) is -3.80. The van der Waals surface area contributed by atoms with Crippen LogP contribution in [0, 0.1) is 0 Å². The Morgan fingerprint density at radius 3 is 2.52 bits per heavy atom. The molecule has 1 N–H and O–H groups in total. The predicted molar refractivity (Wildman–Crippen MR) is 155 cm³/mol. The molecule has 0 radical (unpaired) electrons. The molecule has 0 aliphatic carbocycles. The lowest BCUT2D eigenvalue weighted by Crippen LogP contribution is -2.30. The Hall–Kier alpha value is -4.64. The molecule has 0 saturated carbocycles. The van der Waals surface area contributed by atoms with Crippen molar-refractivity contribution in [2.75, 3.05) is 17.2 Å². The standard InChI is InChI=1S/C31H24F3N5O2S/c32-31(33,34)22-10-6-11-23(17-22)39-27(18-35-29(41)25-13-5-9-20-7-1-3-12-24(20)25)36-37-30(39)42-19-28(40)38-16-15-21-8-2-4-14-26(21)38/h1-14,17H,15-16,18-19H2,(H,35,41). The third-order valence-electron chi connectivity index (χ3n) is 7.09. The molecule has 4 aromatic carbocycles. The summed E-state index contributed by atoms with van der Waals surface area (Å²) in [6.45, 7) is 0.462. The number of aromatic nitrogens is 3. The van der Waals surface area contributed by atoms with Crippen LogP contribution in [-0.4, -0.2) is 38.9 Å². The van der Waals surface area contributed by atoms with Gasteiger partial charge in [0.25, 0.3) is 5.91 Å². The summed E-state index contributed by atoms with van der Waals surface area (Å²) in [6, 6.07) is 25.4. The number of hydrogen-bond donors (Lipinski definition) is 1. The Morgan fingerprint density at radius 2 is 1.67 bits per heavy atom. The molecule has 0 spiro atoms. The molecule has 0 unspecified atom stereocenters. The number of nitrogens with one attached hydrogen (secondary N) is 1. The Labute approximate surface area is 243 Å². The lowest BCUT2D eigenvalue weighted by Gasteiger charge is -2.17. The number of alkyl halides is 3. The highest BCUT2D eigenvalue weighted by molar-refractivity contribution is 7.99. The molecule has 0 atom stereocenters. The van der Waals surface area contributed by atoms with Crippen molar-refractivity contribution >= 4 is 40.0 Å². The number of fused-ring (bicyclic) bond motifs is 2. The molecule has 0 saturated heterocycles. The van der Waals surface area contributed by atoms with Gasteiger partial charge >= 0.3 is 6.18 Å². The van der Waals surface area contributed by atoms with E-state index >= 15 is 0 Å². The van der Waals surface area contributed by atoms with Gasteiger partial charge in [-0.1, -0.05) is 72.4 Å². The van der Waals surface area contributed by atoms with E-state index in [4.69, 9.17) is 0 Å². The molecule has 2 amide bonds. The van der Waals surface area contributed by atoms with E-state index in [1.54, 1.807) is 17.0 Å². The molecule has 6 rings (SSSR count). The van der Waals surface area contributed by atoms with Gasteiger partial charge in [0.15, 0.2) is 11.0 Å². The van der Waals surface area contributed by atoms with Gasteiger partial charge in [-0.2, -0.15) is 13.2 Å². The van der Waals surface area contributed by atoms with Crippen LogP contribution in [0.1, 0.15) is 27.3 Å². The van der Waals surface area contributed by atoms with Gasteiger partial charge < -0.3 is 10.2 Å². The third kappa shape index (κ3) is 5.47. The smallest absolute Gasteiger partial charge is 0.345 e. The summed E-state index contributed by atoms with van der Waals surface area (Å²) in [5, 5.41) is 13.1. The third-order valence-corrected chi connectivity index (χ3v) is 8.00. The second-order valence-electron chi connectivity index (χ2n) is 9.70. The van der Waals surface area contributed by atoms with E-state index in [-0.39, 0.29) is 40.8 Å². The molecule has 0 bridgehead atoms. The molecule has 11 heteroatoms. The molecule has 5 aromatic rings. The maximum absolute atomic E-state index is 13.6. The number of benzene rings is 4. The molecule has 7 nitrogen and oxygen atoms in total. The Morgan fingerprint density at radius 1 is 0.905 bits per heavy atom. The van der Waals surface area contributed by atoms with Gasteiger partial charge in [0.05, 0.1) is 23.5 Å². The zero-order valence-corrected chi connectivity index (χ0v) is 23.0. The van der Waals surface area contributed by atoms with Crippen molar-refractivity contribution in [2.24, 2.45) is 0 Å². The van der Waals surface area contributed by atoms with Crippen LogP contribution in [0.15, 0.2) is 96.2 Å². The van der Waals surface area contributed by atoms with E-state index in [2.05, 4.69) is 15.5 Å². The molecule has 42 heavy (non-hydrogen) atoms. The van der Waals surface area contributed by atoms with E-state index in [9.17, 15) is 22.8 Å². The van der Waals surface area contributed by atoms with Crippen molar-refractivity contribution in [2.45, 2.75) is 24.3 Å². The highest BCUT2D eigenvalue weighted by Gasteiger charge is 2.31. The fourth-order valence-corrected chi connectivity index (χ4v) is 5.92. The topological polar surface area (TPSA) is 80.1 Å². The van der Waals surface area contributed by atoms with Crippen molar-refractivity contribution in [3.05, 3.63) is 114 Å². The van der Waals surface area contributed by atoms with Crippen molar-refractivity contribution in [3.63, 3.8) is 0 Å². The van der Waals surface area contributed by atoms with Gasteiger partial charge in [0.2, 0.25) is 5.91 Å². The number of anilines is 1. The lowest BCUT2D eigenvalue weighted by atomic mass is 10.0. The van der Waals surface area contributed by atoms with Crippen molar-refractivity contribution in [1.82, 2.24) is 20.1 Å².